The maximum atomic E-state index is 13.3. The first-order valence-corrected chi connectivity index (χ1v) is 12.8. The molecule has 166 valence electrons. The fourth-order valence-corrected chi connectivity index (χ4v) is 6.91. The quantitative estimate of drug-likeness (QED) is 0.553. The number of nitrogens with zero attached hydrogens (tertiary/aromatic N) is 1. The van der Waals surface area contributed by atoms with Crippen molar-refractivity contribution in [3.05, 3.63) is 78.9 Å². The average molecular weight is 487 g/mol. The van der Waals surface area contributed by atoms with E-state index in [-0.39, 0.29) is 28.3 Å². The van der Waals surface area contributed by atoms with Crippen molar-refractivity contribution in [3.8, 4) is 5.69 Å². The van der Waals surface area contributed by atoms with Gasteiger partial charge in [0.15, 0.2) is 5.43 Å². The second-order valence-corrected chi connectivity index (χ2v) is 10.8. The predicted octanol–water partition coefficient (Wildman–Crippen LogP) is 5.16. The lowest BCUT2D eigenvalue weighted by Crippen LogP contribution is -2.36. The highest BCUT2D eigenvalue weighted by molar-refractivity contribution is 7.99. The van der Waals surface area contributed by atoms with Crippen LogP contribution in [0.15, 0.2) is 51.5 Å². The fraction of sp³-hybridized carbons (Fsp3) is 0.333. The molecule has 4 heterocycles. The van der Waals surface area contributed by atoms with E-state index in [4.69, 9.17) is 16.3 Å². The largest absolute Gasteiger partial charge is 0.376 e. The van der Waals surface area contributed by atoms with Gasteiger partial charge in [0, 0.05) is 57.1 Å². The van der Waals surface area contributed by atoms with Crippen LogP contribution < -0.4 is 10.7 Å². The Labute approximate surface area is 199 Å². The van der Waals surface area contributed by atoms with Gasteiger partial charge in [-0.25, -0.2) is 0 Å². The van der Waals surface area contributed by atoms with Crippen molar-refractivity contribution in [1.82, 2.24) is 9.88 Å². The highest BCUT2D eigenvalue weighted by atomic mass is 35.5. The number of pyridine rings is 1. The number of aryl methyl sites for hydroxylation is 1. The minimum atomic E-state index is -0.332. The molecule has 0 aliphatic carbocycles. The van der Waals surface area contributed by atoms with E-state index in [9.17, 15) is 9.59 Å². The number of thiophene rings is 1. The molecule has 2 unspecified atom stereocenters. The van der Waals surface area contributed by atoms with Crippen LogP contribution in [0.2, 0.25) is 5.02 Å². The number of hydrogen-bond donors (Lipinski definition) is 1. The summed E-state index contributed by atoms with van der Waals surface area (Å²) in [6.07, 6.45) is 2.51. The first-order chi connectivity index (χ1) is 15.5. The van der Waals surface area contributed by atoms with Gasteiger partial charge in [-0.2, -0.15) is 0 Å². The summed E-state index contributed by atoms with van der Waals surface area (Å²) in [5.41, 5.74) is 2.46. The highest BCUT2D eigenvalue weighted by Crippen LogP contribution is 2.46. The predicted molar refractivity (Wildman–Crippen MR) is 130 cm³/mol. The lowest BCUT2D eigenvalue weighted by Gasteiger charge is -2.20. The number of halogens is 1. The second kappa shape index (κ2) is 9.06. The third-order valence-electron chi connectivity index (χ3n) is 5.91. The summed E-state index contributed by atoms with van der Waals surface area (Å²) >= 11 is 9.74. The first kappa shape index (κ1) is 21.8. The molecule has 5 rings (SSSR count). The summed E-state index contributed by atoms with van der Waals surface area (Å²) in [7, 11) is 0. The Morgan fingerprint density at radius 1 is 1.31 bits per heavy atom. The summed E-state index contributed by atoms with van der Waals surface area (Å²) in [6.45, 7) is 3.05. The van der Waals surface area contributed by atoms with E-state index >= 15 is 0 Å². The van der Waals surface area contributed by atoms with Crippen molar-refractivity contribution in [2.45, 2.75) is 42.4 Å². The number of aromatic nitrogens is 1. The molecule has 2 aliphatic heterocycles. The molecule has 1 aromatic carbocycles. The molecule has 3 aromatic rings. The number of ether oxygens (including phenoxy) is 1. The van der Waals surface area contributed by atoms with Crippen LogP contribution >= 0.6 is 34.7 Å². The van der Waals surface area contributed by atoms with Crippen LogP contribution in [0.4, 0.5) is 0 Å². The normalized spacial score (nSPS) is 19.8. The molecule has 1 N–H and O–H groups in total. The summed E-state index contributed by atoms with van der Waals surface area (Å²) < 4.78 is 7.68. The van der Waals surface area contributed by atoms with E-state index in [1.807, 2.05) is 31.2 Å². The molecule has 1 fully saturated rings. The van der Waals surface area contributed by atoms with Gasteiger partial charge in [0.05, 0.1) is 11.8 Å². The molecule has 2 aliphatic rings. The van der Waals surface area contributed by atoms with Gasteiger partial charge in [-0.05, 0) is 49.4 Å². The van der Waals surface area contributed by atoms with Crippen molar-refractivity contribution in [2.75, 3.05) is 13.2 Å². The Bertz CT molecular complexity index is 1220. The van der Waals surface area contributed by atoms with Crippen LogP contribution in [0.5, 0.6) is 0 Å². The van der Waals surface area contributed by atoms with Crippen LogP contribution in [-0.2, 0) is 11.2 Å². The Kier molecular flexibility index (Phi) is 6.16. The maximum Gasteiger partial charge on any atom is 0.257 e. The molecule has 2 aromatic heterocycles. The summed E-state index contributed by atoms with van der Waals surface area (Å²) in [5.74, 6) is -0.332. The Hall–Kier alpha value is -2.06. The van der Waals surface area contributed by atoms with Gasteiger partial charge in [0.25, 0.3) is 5.91 Å². The Morgan fingerprint density at radius 2 is 2.19 bits per heavy atom. The fourth-order valence-electron chi connectivity index (χ4n) is 4.44. The smallest absolute Gasteiger partial charge is 0.257 e. The first-order valence-electron chi connectivity index (χ1n) is 10.7. The number of benzene rings is 1. The molecular weight excluding hydrogens is 464 g/mol. The molecule has 32 heavy (non-hydrogen) atoms. The van der Waals surface area contributed by atoms with Crippen LogP contribution in [0.25, 0.3) is 5.69 Å². The lowest BCUT2D eigenvalue weighted by molar-refractivity contribution is 0.0855. The van der Waals surface area contributed by atoms with Crippen molar-refractivity contribution >= 4 is 40.6 Å². The molecule has 0 radical (unpaired) electrons. The molecule has 1 saturated heterocycles. The number of amides is 1. The molecule has 5 nitrogen and oxygen atoms in total. The van der Waals surface area contributed by atoms with Gasteiger partial charge in [0.1, 0.15) is 5.56 Å². The maximum absolute atomic E-state index is 13.3. The minimum absolute atomic E-state index is 0.0167. The summed E-state index contributed by atoms with van der Waals surface area (Å²) in [4.78, 5) is 28.6. The topological polar surface area (TPSA) is 60.3 Å². The van der Waals surface area contributed by atoms with Gasteiger partial charge in [-0.1, -0.05) is 17.7 Å². The molecule has 0 bridgehead atoms. The third kappa shape index (κ3) is 4.15. The van der Waals surface area contributed by atoms with E-state index in [1.165, 1.54) is 4.88 Å². The standard InChI is InChI=1S/C24H23ClN2O3S2/c1-14-10-19(28)23(24(29)26-13-16-4-2-8-30-16)18-12-22(20-5-3-9-31-20)32-21-11-15(25)6-7-17(21)27(14)18/h3,5-7,9-11,16,22H,2,4,8,12-13H2,1H3,(H,26,29). The molecular formula is C24H23ClN2O3S2. The third-order valence-corrected chi connectivity index (χ3v) is 8.57. The van der Waals surface area contributed by atoms with Crippen molar-refractivity contribution in [3.63, 3.8) is 0 Å². The van der Waals surface area contributed by atoms with Crippen molar-refractivity contribution < 1.29 is 9.53 Å². The zero-order valence-corrected chi connectivity index (χ0v) is 20.0. The van der Waals surface area contributed by atoms with Crippen molar-refractivity contribution in [2.24, 2.45) is 0 Å². The van der Waals surface area contributed by atoms with Gasteiger partial charge in [-0.15, -0.1) is 23.1 Å². The van der Waals surface area contributed by atoms with Crippen LogP contribution in [0.1, 0.15) is 44.7 Å². The van der Waals surface area contributed by atoms with Gasteiger partial charge in [0.2, 0.25) is 0 Å². The highest BCUT2D eigenvalue weighted by Gasteiger charge is 2.30. The summed E-state index contributed by atoms with van der Waals surface area (Å²) in [6, 6.07) is 11.5. The zero-order chi connectivity index (χ0) is 22.2. The Morgan fingerprint density at radius 3 is 2.94 bits per heavy atom. The summed E-state index contributed by atoms with van der Waals surface area (Å²) in [5, 5.41) is 5.75. The number of hydrogen-bond acceptors (Lipinski definition) is 5. The van der Waals surface area contributed by atoms with Gasteiger partial charge < -0.3 is 14.6 Å². The molecule has 1 amide bonds. The van der Waals surface area contributed by atoms with Crippen molar-refractivity contribution in [1.29, 1.82) is 0 Å². The van der Waals surface area contributed by atoms with Crippen LogP contribution in [0, 0.1) is 6.92 Å². The average Bonchev–Trinajstić information content (AvgIpc) is 3.44. The second-order valence-electron chi connectivity index (χ2n) is 8.09. The van der Waals surface area contributed by atoms with E-state index in [1.54, 1.807) is 29.2 Å². The number of carbonyl (C=O) groups excluding carboxylic acids is 1. The van der Waals surface area contributed by atoms with E-state index < -0.39 is 0 Å². The van der Waals surface area contributed by atoms with Gasteiger partial charge in [-0.3, -0.25) is 9.59 Å². The molecule has 2 atom stereocenters. The van der Waals surface area contributed by atoms with Gasteiger partial charge >= 0.3 is 0 Å². The molecule has 0 spiro atoms. The van der Waals surface area contributed by atoms with E-state index in [0.29, 0.717) is 18.0 Å². The van der Waals surface area contributed by atoms with E-state index in [0.717, 1.165) is 41.4 Å². The number of thioether (sulfide) groups is 1. The lowest BCUT2D eigenvalue weighted by atomic mass is 10.0. The molecule has 8 heteroatoms. The van der Waals surface area contributed by atoms with E-state index in [2.05, 4.69) is 21.3 Å². The van der Waals surface area contributed by atoms with Crippen LogP contribution in [0.3, 0.4) is 0 Å². The SMILES string of the molecule is Cc1cc(=O)c(C(=O)NCC2CCCO2)c2n1-c1ccc(Cl)cc1SC(c1cccs1)C2. The van der Waals surface area contributed by atoms with Crippen LogP contribution in [-0.4, -0.2) is 29.7 Å². The number of fused-ring (bicyclic) bond motifs is 3. The monoisotopic (exact) mass is 486 g/mol. The number of rotatable bonds is 4. The molecule has 0 saturated carbocycles. The minimum Gasteiger partial charge on any atom is -0.376 e. The Balaban J connectivity index is 1.63. The zero-order valence-electron chi connectivity index (χ0n) is 17.6. The number of nitrogens with one attached hydrogen (secondary N) is 1. The number of carbonyl (C=O) groups is 1.